The molecule has 0 unspecified atom stereocenters. The summed E-state index contributed by atoms with van der Waals surface area (Å²) in [6, 6.07) is 6.29. The van der Waals surface area contributed by atoms with Crippen LogP contribution in [-0.2, 0) is 21.3 Å². The molecule has 3 heterocycles. The average Bonchev–Trinajstić information content (AvgIpc) is 3.23. The van der Waals surface area contributed by atoms with Gasteiger partial charge in [-0.15, -0.1) is 0 Å². The van der Waals surface area contributed by atoms with Gasteiger partial charge in [-0.3, -0.25) is 9.69 Å². The van der Waals surface area contributed by atoms with Gasteiger partial charge >= 0.3 is 0 Å². The third kappa shape index (κ3) is 4.98. The predicted octanol–water partition coefficient (Wildman–Crippen LogP) is 0.670. The van der Waals surface area contributed by atoms with Crippen molar-refractivity contribution in [3.05, 3.63) is 48.0 Å². The van der Waals surface area contributed by atoms with Gasteiger partial charge < -0.3 is 14.2 Å². The number of carbonyl (C=O) groups excluding carboxylic acids is 1. The minimum atomic E-state index is -3.55. The van der Waals surface area contributed by atoms with Gasteiger partial charge in [0, 0.05) is 70.3 Å². The van der Waals surface area contributed by atoms with E-state index < -0.39 is 10.0 Å². The van der Waals surface area contributed by atoms with E-state index in [2.05, 4.69) is 14.5 Å². The van der Waals surface area contributed by atoms with Gasteiger partial charge in [-0.1, -0.05) is 0 Å². The summed E-state index contributed by atoms with van der Waals surface area (Å²) in [7, 11) is -3.55. The van der Waals surface area contributed by atoms with E-state index in [0.29, 0.717) is 45.0 Å². The minimum Gasteiger partial charge on any atom is -0.379 e. The van der Waals surface area contributed by atoms with Gasteiger partial charge in [0.2, 0.25) is 10.0 Å². The van der Waals surface area contributed by atoms with Crippen LogP contribution in [0.25, 0.3) is 0 Å². The predicted molar refractivity (Wildman–Crippen MR) is 115 cm³/mol. The number of imidazole rings is 1. The van der Waals surface area contributed by atoms with E-state index in [1.54, 1.807) is 12.1 Å². The number of nitrogens with zero attached hydrogens (tertiary/aromatic N) is 5. The summed E-state index contributed by atoms with van der Waals surface area (Å²) in [6.07, 6.45) is 3.79. The molecule has 1 aromatic heterocycles. The highest BCUT2D eigenvalue weighted by molar-refractivity contribution is 7.89. The zero-order chi connectivity index (χ0) is 21.8. The molecular weight excluding hydrogens is 418 g/mol. The van der Waals surface area contributed by atoms with Crippen LogP contribution in [0.4, 0.5) is 0 Å². The van der Waals surface area contributed by atoms with Gasteiger partial charge in [-0.25, -0.2) is 13.4 Å². The number of amides is 1. The van der Waals surface area contributed by atoms with Crippen molar-refractivity contribution >= 4 is 15.9 Å². The van der Waals surface area contributed by atoms with Crippen molar-refractivity contribution in [1.29, 1.82) is 0 Å². The third-order valence-corrected chi connectivity index (χ3v) is 7.86. The van der Waals surface area contributed by atoms with E-state index in [-0.39, 0.29) is 10.8 Å². The molecule has 0 spiro atoms. The van der Waals surface area contributed by atoms with E-state index in [1.165, 1.54) is 16.4 Å². The molecule has 0 radical (unpaired) electrons. The Labute approximate surface area is 183 Å². The van der Waals surface area contributed by atoms with Crippen LogP contribution in [0.3, 0.4) is 0 Å². The van der Waals surface area contributed by atoms with Gasteiger partial charge in [-0.2, -0.15) is 4.31 Å². The Morgan fingerprint density at radius 1 is 1.00 bits per heavy atom. The van der Waals surface area contributed by atoms with Crippen LogP contribution in [-0.4, -0.2) is 97.0 Å². The second kappa shape index (κ2) is 9.47. The number of ether oxygens (including phenoxy) is 1. The van der Waals surface area contributed by atoms with Gasteiger partial charge in [0.1, 0.15) is 5.82 Å². The molecule has 2 aromatic rings. The van der Waals surface area contributed by atoms with Gasteiger partial charge in [0.15, 0.2) is 0 Å². The molecular formula is C21H29N5O4S. The van der Waals surface area contributed by atoms with Crippen molar-refractivity contribution in [2.45, 2.75) is 18.4 Å². The molecule has 31 heavy (non-hydrogen) atoms. The second-order valence-electron chi connectivity index (χ2n) is 7.84. The fraction of sp³-hybridized carbons (Fsp3) is 0.524. The molecule has 0 bridgehead atoms. The number of sulfonamides is 1. The van der Waals surface area contributed by atoms with Crippen LogP contribution >= 0.6 is 0 Å². The number of piperazine rings is 1. The molecule has 0 saturated carbocycles. The molecule has 1 amide bonds. The van der Waals surface area contributed by atoms with Crippen LogP contribution in [0.5, 0.6) is 0 Å². The standard InChI is InChI=1S/C21H29N5O4S/c1-18-22-6-7-24(18)11-8-23-9-12-25(13-10-23)21(27)19-2-4-20(5-3-19)31(28,29)26-14-16-30-17-15-26/h2-7H,8-17H2,1H3. The highest BCUT2D eigenvalue weighted by Gasteiger charge is 2.27. The largest absolute Gasteiger partial charge is 0.379 e. The van der Waals surface area contributed by atoms with Gasteiger partial charge in [-0.05, 0) is 31.2 Å². The summed E-state index contributed by atoms with van der Waals surface area (Å²) >= 11 is 0. The fourth-order valence-electron chi connectivity index (χ4n) is 3.95. The monoisotopic (exact) mass is 447 g/mol. The fourth-order valence-corrected chi connectivity index (χ4v) is 5.36. The molecule has 1 aromatic carbocycles. The van der Waals surface area contributed by atoms with Crippen LogP contribution in [0.2, 0.25) is 0 Å². The quantitative estimate of drug-likeness (QED) is 0.647. The van der Waals surface area contributed by atoms with Gasteiger partial charge in [0.05, 0.1) is 18.1 Å². The van der Waals surface area contributed by atoms with Crippen molar-refractivity contribution in [3.63, 3.8) is 0 Å². The average molecular weight is 448 g/mol. The lowest BCUT2D eigenvalue weighted by Gasteiger charge is -2.35. The SMILES string of the molecule is Cc1nccn1CCN1CCN(C(=O)c2ccc(S(=O)(=O)N3CCOCC3)cc2)CC1. The van der Waals surface area contributed by atoms with E-state index >= 15 is 0 Å². The number of aromatic nitrogens is 2. The molecule has 0 aliphatic carbocycles. The van der Waals surface area contributed by atoms with Crippen molar-refractivity contribution in [2.75, 3.05) is 59.0 Å². The van der Waals surface area contributed by atoms with Crippen molar-refractivity contribution in [3.8, 4) is 0 Å². The summed E-state index contributed by atoms with van der Waals surface area (Å²) < 4.78 is 34.3. The Hall–Kier alpha value is -2.27. The molecule has 0 atom stereocenters. The normalized spacial score (nSPS) is 18.9. The summed E-state index contributed by atoms with van der Waals surface area (Å²) in [6.45, 7) is 8.30. The van der Waals surface area contributed by atoms with Crippen LogP contribution in [0.15, 0.2) is 41.6 Å². The minimum absolute atomic E-state index is 0.0552. The highest BCUT2D eigenvalue weighted by atomic mass is 32.2. The van der Waals surface area contributed by atoms with E-state index in [1.807, 2.05) is 24.2 Å². The lowest BCUT2D eigenvalue weighted by molar-refractivity contribution is 0.0633. The van der Waals surface area contributed by atoms with Crippen LogP contribution in [0, 0.1) is 6.92 Å². The van der Waals surface area contributed by atoms with E-state index in [9.17, 15) is 13.2 Å². The Kier molecular flexibility index (Phi) is 6.71. The molecule has 10 heteroatoms. The first kappa shape index (κ1) is 21.9. The number of carbonyl (C=O) groups is 1. The molecule has 2 aliphatic rings. The Balaban J connectivity index is 1.31. The number of benzene rings is 1. The summed E-state index contributed by atoms with van der Waals surface area (Å²) in [5, 5.41) is 0. The highest BCUT2D eigenvalue weighted by Crippen LogP contribution is 2.19. The smallest absolute Gasteiger partial charge is 0.253 e. The second-order valence-corrected chi connectivity index (χ2v) is 9.78. The van der Waals surface area contributed by atoms with Crippen LogP contribution in [0.1, 0.15) is 16.2 Å². The number of morpholine rings is 1. The van der Waals surface area contributed by atoms with E-state index in [4.69, 9.17) is 4.74 Å². The van der Waals surface area contributed by atoms with E-state index in [0.717, 1.165) is 32.0 Å². The number of hydrogen-bond acceptors (Lipinski definition) is 6. The zero-order valence-electron chi connectivity index (χ0n) is 17.8. The number of hydrogen-bond donors (Lipinski definition) is 0. The van der Waals surface area contributed by atoms with Crippen molar-refractivity contribution in [2.24, 2.45) is 0 Å². The Morgan fingerprint density at radius 3 is 2.29 bits per heavy atom. The number of aryl methyl sites for hydroxylation is 1. The molecule has 9 nitrogen and oxygen atoms in total. The van der Waals surface area contributed by atoms with Crippen LogP contribution < -0.4 is 0 Å². The lowest BCUT2D eigenvalue weighted by Crippen LogP contribution is -2.49. The molecule has 2 fully saturated rings. The number of rotatable bonds is 6. The van der Waals surface area contributed by atoms with Gasteiger partial charge in [0.25, 0.3) is 5.91 Å². The summed E-state index contributed by atoms with van der Waals surface area (Å²) in [4.78, 5) is 21.5. The molecule has 2 saturated heterocycles. The first-order valence-corrected chi connectivity index (χ1v) is 12.1. The van der Waals surface area contributed by atoms with Crippen molar-refractivity contribution in [1.82, 2.24) is 23.7 Å². The maximum atomic E-state index is 12.9. The third-order valence-electron chi connectivity index (χ3n) is 5.95. The Morgan fingerprint density at radius 2 is 1.68 bits per heavy atom. The molecule has 2 aliphatic heterocycles. The maximum Gasteiger partial charge on any atom is 0.253 e. The summed E-state index contributed by atoms with van der Waals surface area (Å²) in [5.41, 5.74) is 0.517. The van der Waals surface area contributed by atoms with Crippen molar-refractivity contribution < 1.29 is 17.9 Å². The lowest BCUT2D eigenvalue weighted by atomic mass is 10.2. The molecule has 0 N–H and O–H groups in total. The molecule has 168 valence electrons. The Bertz CT molecular complexity index is 991. The first-order chi connectivity index (χ1) is 14.9. The molecule has 4 rings (SSSR count). The summed E-state index contributed by atoms with van der Waals surface area (Å²) in [5.74, 6) is 0.952. The zero-order valence-corrected chi connectivity index (χ0v) is 18.6. The topological polar surface area (TPSA) is 88.0 Å². The first-order valence-electron chi connectivity index (χ1n) is 10.6. The maximum absolute atomic E-state index is 12.9.